The molecule has 2 atom stereocenters. The number of rotatable bonds is 5. The normalized spacial score (nSPS) is 23.7. The highest BCUT2D eigenvalue weighted by Crippen LogP contribution is 2.38. The number of nitrogens with zero attached hydrogens (tertiary/aromatic N) is 3. The number of carbonyl (C=O) groups is 3. The summed E-state index contributed by atoms with van der Waals surface area (Å²) in [6.45, 7) is 3.23. The molecule has 1 N–H and O–H groups in total. The summed E-state index contributed by atoms with van der Waals surface area (Å²) in [4.78, 5) is 38.4. The van der Waals surface area contributed by atoms with Crippen molar-refractivity contribution in [1.29, 1.82) is 0 Å². The molecule has 9 heteroatoms. The van der Waals surface area contributed by atoms with Crippen LogP contribution in [0.25, 0.3) is 11.5 Å². The zero-order valence-corrected chi connectivity index (χ0v) is 17.0. The Morgan fingerprint density at radius 3 is 2.93 bits per heavy atom. The molecular formula is C21H24N4O5. The molecule has 0 unspecified atom stereocenters. The van der Waals surface area contributed by atoms with E-state index < -0.39 is 24.1 Å². The average molecular weight is 412 g/mol. The molecule has 2 aromatic rings. The first-order valence-electron chi connectivity index (χ1n) is 10.1. The molecule has 30 heavy (non-hydrogen) atoms. The molecule has 4 rings (SSSR count). The van der Waals surface area contributed by atoms with Gasteiger partial charge >= 0.3 is 12.0 Å². The summed E-state index contributed by atoms with van der Waals surface area (Å²) < 4.78 is 10.7. The van der Waals surface area contributed by atoms with Crippen molar-refractivity contribution in [2.45, 2.75) is 51.7 Å². The second-order valence-electron chi connectivity index (χ2n) is 7.97. The maximum Gasteiger partial charge on any atom is 0.326 e. The van der Waals surface area contributed by atoms with E-state index in [0.29, 0.717) is 12.3 Å². The smallest absolute Gasteiger partial charge is 0.326 e. The van der Waals surface area contributed by atoms with E-state index in [4.69, 9.17) is 9.15 Å². The standard InChI is InChI=1S/C21H24N4O5/c1-13-6-5-8-15(10-13)18-24-23-16(30-18)12-29-17(26)11-25-19(27)21(22-20(25)28)9-4-3-7-14(21)2/h5-6,8,10,14H,3-4,7,9,11-12H2,1-2H3,(H,22,28)/t14-,21-/m0/s1. The zero-order valence-electron chi connectivity index (χ0n) is 17.0. The van der Waals surface area contributed by atoms with Crippen LogP contribution in [-0.4, -0.2) is 45.1 Å². The lowest BCUT2D eigenvalue weighted by atomic mass is 9.73. The SMILES string of the molecule is Cc1cccc(-c2nnc(COC(=O)CN3C(=O)N[C@]4(CCCC[C@@H]4C)C3=O)o2)c1. The molecule has 2 aliphatic rings. The van der Waals surface area contributed by atoms with Gasteiger partial charge in [0, 0.05) is 5.56 Å². The van der Waals surface area contributed by atoms with Crippen molar-refractivity contribution in [3.8, 4) is 11.5 Å². The van der Waals surface area contributed by atoms with Crippen molar-refractivity contribution in [3.63, 3.8) is 0 Å². The highest BCUT2D eigenvalue weighted by molar-refractivity contribution is 6.08. The maximum atomic E-state index is 12.9. The van der Waals surface area contributed by atoms with Gasteiger partial charge in [0.2, 0.25) is 5.89 Å². The molecule has 1 aliphatic carbocycles. The fourth-order valence-electron chi connectivity index (χ4n) is 4.16. The van der Waals surface area contributed by atoms with Gasteiger partial charge in [-0.2, -0.15) is 0 Å². The van der Waals surface area contributed by atoms with Gasteiger partial charge in [-0.05, 0) is 37.8 Å². The van der Waals surface area contributed by atoms with E-state index in [9.17, 15) is 14.4 Å². The van der Waals surface area contributed by atoms with Crippen molar-refractivity contribution in [3.05, 3.63) is 35.7 Å². The van der Waals surface area contributed by atoms with Gasteiger partial charge in [-0.1, -0.05) is 37.5 Å². The van der Waals surface area contributed by atoms with Crippen LogP contribution in [0.5, 0.6) is 0 Å². The molecule has 0 radical (unpaired) electrons. The zero-order chi connectivity index (χ0) is 21.3. The number of hydrogen-bond acceptors (Lipinski definition) is 7. The number of urea groups is 1. The van der Waals surface area contributed by atoms with E-state index in [-0.39, 0.29) is 24.3 Å². The lowest BCUT2D eigenvalue weighted by Crippen LogP contribution is -2.54. The number of aromatic nitrogens is 2. The Kier molecular flexibility index (Phi) is 5.27. The first-order valence-corrected chi connectivity index (χ1v) is 10.1. The molecule has 1 spiro atoms. The Morgan fingerprint density at radius 2 is 2.17 bits per heavy atom. The van der Waals surface area contributed by atoms with Crippen LogP contribution in [-0.2, 0) is 20.9 Å². The van der Waals surface area contributed by atoms with Gasteiger partial charge in [-0.3, -0.25) is 14.5 Å². The quantitative estimate of drug-likeness (QED) is 0.593. The van der Waals surface area contributed by atoms with Crippen molar-refractivity contribution >= 4 is 17.9 Å². The molecule has 1 aliphatic heterocycles. The number of nitrogens with one attached hydrogen (secondary N) is 1. The molecule has 158 valence electrons. The van der Waals surface area contributed by atoms with E-state index in [0.717, 1.165) is 35.3 Å². The second-order valence-corrected chi connectivity index (χ2v) is 7.97. The van der Waals surface area contributed by atoms with Crippen molar-refractivity contribution in [2.24, 2.45) is 5.92 Å². The Morgan fingerprint density at radius 1 is 1.33 bits per heavy atom. The number of aryl methyl sites for hydroxylation is 1. The van der Waals surface area contributed by atoms with E-state index in [1.807, 2.05) is 38.1 Å². The first kappa shape index (κ1) is 20.1. The van der Waals surface area contributed by atoms with Gasteiger partial charge in [-0.15, -0.1) is 10.2 Å². The van der Waals surface area contributed by atoms with Gasteiger partial charge < -0.3 is 14.5 Å². The molecule has 1 saturated carbocycles. The molecule has 2 fully saturated rings. The Bertz CT molecular complexity index is 987. The summed E-state index contributed by atoms with van der Waals surface area (Å²) in [5.41, 5.74) is 0.925. The Labute approximate surface area is 173 Å². The summed E-state index contributed by atoms with van der Waals surface area (Å²) >= 11 is 0. The lowest BCUT2D eigenvalue weighted by Gasteiger charge is -2.36. The monoisotopic (exact) mass is 412 g/mol. The minimum atomic E-state index is -0.898. The lowest BCUT2D eigenvalue weighted by molar-refractivity contribution is -0.150. The van der Waals surface area contributed by atoms with Crippen molar-refractivity contribution < 1.29 is 23.5 Å². The summed E-state index contributed by atoms with van der Waals surface area (Å²) in [5.74, 6) is -0.575. The number of hydrogen-bond donors (Lipinski definition) is 1. The second kappa shape index (κ2) is 7.89. The van der Waals surface area contributed by atoms with Crippen LogP contribution in [0, 0.1) is 12.8 Å². The van der Waals surface area contributed by atoms with Gasteiger partial charge in [0.25, 0.3) is 11.8 Å². The van der Waals surface area contributed by atoms with Crippen LogP contribution in [0.2, 0.25) is 0 Å². The minimum absolute atomic E-state index is 0.0298. The molecule has 1 saturated heterocycles. The van der Waals surface area contributed by atoms with E-state index in [1.165, 1.54) is 0 Å². The van der Waals surface area contributed by atoms with Crippen LogP contribution in [0.15, 0.2) is 28.7 Å². The van der Waals surface area contributed by atoms with Crippen LogP contribution < -0.4 is 5.32 Å². The highest BCUT2D eigenvalue weighted by Gasteiger charge is 2.55. The van der Waals surface area contributed by atoms with Gasteiger partial charge in [0.15, 0.2) is 6.61 Å². The molecule has 0 bridgehead atoms. The number of ether oxygens (including phenoxy) is 1. The van der Waals surface area contributed by atoms with Crippen molar-refractivity contribution in [1.82, 2.24) is 20.4 Å². The van der Waals surface area contributed by atoms with E-state index >= 15 is 0 Å². The van der Waals surface area contributed by atoms with Gasteiger partial charge in [0.05, 0.1) is 0 Å². The highest BCUT2D eigenvalue weighted by atomic mass is 16.5. The maximum absolute atomic E-state index is 12.9. The number of esters is 1. The fraction of sp³-hybridized carbons (Fsp3) is 0.476. The third-order valence-electron chi connectivity index (χ3n) is 5.88. The Hall–Kier alpha value is -3.23. The van der Waals surface area contributed by atoms with Gasteiger partial charge in [0.1, 0.15) is 12.1 Å². The number of carbonyl (C=O) groups excluding carboxylic acids is 3. The fourth-order valence-corrected chi connectivity index (χ4v) is 4.16. The third kappa shape index (κ3) is 3.67. The molecular weight excluding hydrogens is 388 g/mol. The number of benzene rings is 1. The summed E-state index contributed by atoms with van der Waals surface area (Å²) in [6, 6.07) is 7.03. The van der Waals surface area contributed by atoms with Crippen molar-refractivity contribution in [2.75, 3.05) is 6.54 Å². The largest absolute Gasteiger partial charge is 0.454 e. The Balaban J connectivity index is 1.35. The van der Waals surface area contributed by atoms with Gasteiger partial charge in [-0.25, -0.2) is 4.79 Å². The topological polar surface area (TPSA) is 115 Å². The third-order valence-corrected chi connectivity index (χ3v) is 5.88. The van der Waals surface area contributed by atoms with Crippen LogP contribution in [0.1, 0.15) is 44.1 Å². The number of amides is 3. The predicted octanol–water partition coefficient (Wildman–Crippen LogP) is 2.59. The predicted molar refractivity (Wildman–Crippen MR) is 105 cm³/mol. The number of imide groups is 1. The van der Waals surface area contributed by atoms with E-state index in [1.54, 1.807) is 0 Å². The van der Waals surface area contributed by atoms with Crippen LogP contribution in [0.3, 0.4) is 0 Å². The minimum Gasteiger partial charge on any atom is -0.454 e. The molecule has 1 aromatic heterocycles. The molecule has 1 aromatic carbocycles. The van der Waals surface area contributed by atoms with Crippen LogP contribution >= 0.6 is 0 Å². The summed E-state index contributed by atoms with van der Waals surface area (Å²) in [7, 11) is 0. The summed E-state index contributed by atoms with van der Waals surface area (Å²) in [5, 5.41) is 10.7. The van der Waals surface area contributed by atoms with Crippen LogP contribution in [0.4, 0.5) is 4.79 Å². The first-order chi connectivity index (χ1) is 14.4. The average Bonchev–Trinajstić information content (AvgIpc) is 3.28. The molecule has 9 nitrogen and oxygen atoms in total. The van der Waals surface area contributed by atoms with E-state index in [2.05, 4.69) is 15.5 Å². The molecule has 3 amide bonds. The molecule has 2 heterocycles. The summed E-state index contributed by atoms with van der Waals surface area (Å²) in [6.07, 6.45) is 3.36.